The van der Waals surface area contributed by atoms with Gasteiger partial charge in [0.2, 0.25) is 5.91 Å². The molecule has 3 rings (SSSR count). The molecule has 6 nitrogen and oxygen atoms in total. The molecule has 0 spiro atoms. The minimum Gasteiger partial charge on any atom is -0.379 e. The number of nitrogens with zero attached hydrogens (tertiary/aromatic N) is 3. The summed E-state index contributed by atoms with van der Waals surface area (Å²) in [4.78, 5) is 22.9. The Morgan fingerprint density at radius 3 is 2.75 bits per heavy atom. The molecule has 1 aromatic carbocycles. The van der Waals surface area contributed by atoms with Gasteiger partial charge in [0, 0.05) is 37.8 Å². The molecule has 6 heteroatoms. The lowest BCUT2D eigenvalue weighted by Gasteiger charge is -2.25. The molecule has 126 valence electrons. The number of ether oxygens (including phenoxy) is 1. The van der Waals surface area contributed by atoms with Crippen molar-refractivity contribution in [3.63, 3.8) is 0 Å². The van der Waals surface area contributed by atoms with Crippen LogP contribution in [0.5, 0.6) is 0 Å². The number of morpholine rings is 1. The van der Waals surface area contributed by atoms with E-state index < -0.39 is 0 Å². The van der Waals surface area contributed by atoms with Gasteiger partial charge in [-0.1, -0.05) is 30.3 Å². The fourth-order valence-corrected chi connectivity index (χ4v) is 2.62. The van der Waals surface area contributed by atoms with E-state index in [0.29, 0.717) is 32.7 Å². The van der Waals surface area contributed by atoms with Crippen LogP contribution in [0.4, 0.5) is 0 Å². The Hall–Kier alpha value is -2.31. The smallest absolute Gasteiger partial charge is 0.234 e. The van der Waals surface area contributed by atoms with Crippen LogP contribution in [0, 0.1) is 0 Å². The van der Waals surface area contributed by atoms with Gasteiger partial charge >= 0.3 is 0 Å². The Labute approximate surface area is 141 Å². The van der Waals surface area contributed by atoms with Crippen molar-refractivity contribution < 1.29 is 9.53 Å². The van der Waals surface area contributed by atoms with E-state index in [1.54, 1.807) is 6.20 Å². The highest BCUT2D eigenvalue weighted by Crippen LogP contribution is 2.15. The third kappa shape index (κ3) is 4.84. The molecular formula is C18H22N4O2. The van der Waals surface area contributed by atoms with E-state index in [2.05, 4.69) is 20.2 Å². The Morgan fingerprint density at radius 2 is 1.96 bits per heavy atom. The van der Waals surface area contributed by atoms with Crippen LogP contribution in [0.3, 0.4) is 0 Å². The zero-order valence-electron chi connectivity index (χ0n) is 13.6. The van der Waals surface area contributed by atoms with Gasteiger partial charge in [-0.3, -0.25) is 9.69 Å². The Morgan fingerprint density at radius 1 is 1.17 bits per heavy atom. The topological polar surface area (TPSA) is 67.3 Å². The van der Waals surface area contributed by atoms with Gasteiger partial charge < -0.3 is 10.1 Å². The lowest BCUT2D eigenvalue weighted by atomic mass is 10.1. The maximum atomic E-state index is 12.0. The summed E-state index contributed by atoms with van der Waals surface area (Å²) in [6.45, 7) is 4.00. The monoisotopic (exact) mass is 326 g/mol. The highest BCUT2D eigenvalue weighted by Gasteiger charge is 2.13. The number of aromatic nitrogens is 2. The predicted octanol–water partition coefficient (Wildman–Crippen LogP) is 1.13. The molecule has 1 aromatic heterocycles. The first-order valence-electron chi connectivity index (χ1n) is 8.25. The van der Waals surface area contributed by atoms with Crippen molar-refractivity contribution >= 4 is 5.91 Å². The fraction of sp³-hybridized carbons (Fsp3) is 0.389. The van der Waals surface area contributed by atoms with Gasteiger partial charge in [0.15, 0.2) is 0 Å². The van der Waals surface area contributed by atoms with Gasteiger partial charge in [-0.05, 0) is 6.07 Å². The van der Waals surface area contributed by atoms with Crippen LogP contribution in [0.25, 0.3) is 11.3 Å². The minimum atomic E-state index is 0.0381. The second-order valence-corrected chi connectivity index (χ2v) is 5.71. The molecule has 1 amide bonds. The molecular weight excluding hydrogens is 304 g/mol. The summed E-state index contributed by atoms with van der Waals surface area (Å²) < 4.78 is 5.28. The molecule has 0 aliphatic carbocycles. The van der Waals surface area contributed by atoms with E-state index in [1.165, 1.54) is 0 Å². The molecule has 24 heavy (non-hydrogen) atoms. The van der Waals surface area contributed by atoms with Crippen molar-refractivity contribution in [2.45, 2.75) is 6.42 Å². The first-order chi connectivity index (χ1) is 11.8. The van der Waals surface area contributed by atoms with E-state index in [4.69, 9.17) is 4.74 Å². The predicted molar refractivity (Wildman–Crippen MR) is 91.4 cm³/mol. The van der Waals surface area contributed by atoms with Crippen LogP contribution < -0.4 is 5.32 Å². The molecule has 2 heterocycles. The molecule has 1 fully saturated rings. The molecule has 0 unspecified atom stereocenters. The molecule has 2 aromatic rings. The fourth-order valence-electron chi connectivity index (χ4n) is 2.62. The first kappa shape index (κ1) is 16.5. The van der Waals surface area contributed by atoms with E-state index in [9.17, 15) is 4.79 Å². The van der Waals surface area contributed by atoms with Gasteiger partial charge in [-0.25, -0.2) is 9.97 Å². The third-order valence-corrected chi connectivity index (χ3v) is 3.92. The summed E-state index contributed by atoms with van der Waals surface area (Å²) in [5.41, 5.74) is 1.97. The number of hydrogen-bond donors (Lipinski definition) is 1. The van der Waals surface area contributed by atoms with Crippen LogP contribution in [0.1, 0.15) is 5.82 Å². The SMILES string of the molecule is O=C(CN1CCOCC1)NCCc1nccc(-c2ccccc2)n1. The molecule has 0 atom stereocenters. The summed E-state index contributed by atoms with van der Waals surface area (Å²) >= 11 is 0. The van der Waals surface area contributed by atoms with Crippen LogP contribution in [0.2, 0.25) is 0 Å². The van der Waals surface area contributed by atoms with Crippen LogP contribution in [-0.2, 0) is 16.0 Å². The summed E-state index contributed by atoms with van der Waals surface area (Å²) in [6, 6.07) is 11.9. The lowest BCUT2D eigenvalue weighted by Crippen LogP contribution is -2.43. The van der Waals surface area contributed by atoms with Crippen LogP contribution >= 0.6 is 0 Å². The quantitative estimate of drug-likeness (QED) is 0.862. The number of amides is 1. The van der Waals surface area contributed by atoms with Gasteiger partial charge in [0.25, 0.3) is 0 Å². The highest BCUT2D eigenvalue weighted by atomic mass is 16.5. The van der Waals surface area contributed by atoms with Gasteiger partial charge in [0.1, 0.15) is 5.82 Å². The van der Waals surface area contributed by atoms with E-state index in [-0.39, 0.29) is 5.91 Å². The van der Waals surface area contributed by atoms with Crippen LogP contribution in [-0.4, -0.2) is 60.2 Å². The molecule has 1 aliphatic heterocycles. The van der Waals surface area contributed by atoms with Crippen molar-refractivity contribution in [2.75, 3.05) is 39.4 Å². The Kier molecular flexibility index (Phi) is 5.87. The maximum Gasteiger partial charge on any atom is 0.234 e. The number of benzene rings is 1. The Balaban J connectivity index is 1.47. The van der Waals surface area contributed by atoms with Gasteiger partial charge in [-0.15, -0.1) is 0 Å². The molecule has 0 saturated carbocycles. The normalized spacial score (nSPS) is 15.2. The van der Waals surface area contributed by atoms with Crippen molar-refractivity contribution in [1.82, 2.24) is 20.2 Å². The number of nitrogens with one attached hydrogen (secondary N) is 1. The average molecular weight is 326 g/mol. The second kappa shape index (κ2) is 8.52. The zero-order chi connectivity index (χ0) is 16.6. The maximum absolute atomic E-state index is 12.0. The van der Waals surface area contributed by atoms with Gasteiger partial charge in [-0.2, -0.15) is 0 Å². The summed E-state index contributed by atoms with van der Waals surface area (Å²) in [6.07, 6.45) is 2.38. The third-order valence-electron chi connectivity index (χ3n) is 3.92. The number of hydrogen-bond acceptors (Lipinski definition) is 5. The van der Waals surface area contributed by atoms with Crippen LogP contribution in [0.15, 0.2) is 42.6 Å². The number of carbonyl (C=O) groups excluding carboxylic acids is 1. The first-order valence-corrected chi connectivity index (χ1v) is 8.25. The molecule has 1 saturated heterocycles. The standard InChI is InChI=1S/C18H22N4O2/c23-18(14-22-10-12-24-13-11-22)20-9-7-17-19-8-6-16(21-17)15-4-2-1-3-5-15/h1-6,8H,7,9-14H2,(H,20,23). The summed E-state index contributed by atoms with van der Waals surface area (Å²) in [5, 5.41) is 2.94. The molecule has 1 aliphatic rings. The molecule has 0 radical (unpaired) electrons. The largest absolute Gasteiger partial charge is 0.379 e. The van der Waals surface area contributed by atoms with Crippen molar-refractivity contribution in [3.05, 3.63) is 48.4 Å². The lowest BCUT2D eigenvalue weighted by molar-refractivity contribution is -0.123. The number of rotatable bonds is 6. The molecule has 1 N–H and O–H groups in total. The van der Waals surface area contributed by atoms with Gasteiger partial charge in [0.05, 0.1) is 25.5 Å². The van der Waals surface area contributed by atoms with E-state index in [1.807, 2.05) is 36.4 Å². The van der Waals surface area contributed by atoms with E-state index >= 15 is 0 Å². The summed E-state index contributed by atoms with van der Waals surface area (Å²) in [7, 11) is 0. The second-order valence-electron chi connectivity index (χ2n) is 5.71. The number of carbonyl (C=O) groups is 1. The summed E-state index contributed by atoms with van der Waals surface area (Å²) in [5.74, 6) is 0.777. The van der Waals surface area contributed by atoms with Crippen molar-refractivity contribution in [2.24, 2.45) is 0 Å². The highest BCUT2D eigenvalue weighted by molar-refractivity contribution is 5.78. The average Bonchev–Trinajstić information content (AvgIpc) is 2.63. The van der Waals surface area contributed by atoms with Crippen molar-refractivity contribution in [3.8, 4) is 11.3 Å². The zero-order valence-corrected chi connectivity index (χ0v) is 13.6. The molecule has 0 bridgehead atoms. The minimum absolute atomic E-state index is 0.0381. The van der Waals surface area contributed by atoms with E-state index in [0.717, 1.165) is 30.2 Å². The Bertz CT molecular complexity index is 657. The van der Waals surface area contributed by atoms with Crippen molar-refractivity contribution in [1.29, 1.82) is 0 Å².